The maximum atomic E-state index is 8.67. The van der Waals surface area contributed by atoms with E-state index in [0.29, 0.717) is 0 Å². The molecule has 0 saturated carbocycles. The molecule has 32 valence electrons. The van der Waals surface area contributed by atoms with Gasteiger partial charge in [-0.05, 0) is 0 Å². The van der Waals surface area contributed by atoms with Gasteiger partial charge in [0.05, 0.1) is 0 Å². The van der Waals surface area contributed by atoms with Crippen LogP contribution >= 0.6 is 0 Å². The Bertz CT molecular complexity index is 34.5. The minimum atomic E-state index is -1.58. The third kappa shape index (κ3) is 1460. The molecule has 0 heterocycles. The van der Waals surface area contributed by atoms with Gasteiger partial charge in [0.1, 0.15) is 6.09 Å². The number of carbonyl (C=O) groups excluding carboxylic acids is 1. The fraction of sp³-hybridized carbons (Fsp3) is 0. The van der Waals surface area contributed by atoms with Crippen molar-refractivity contribution in [2.75, 3.05) is 0 Å². The molecule has 0 bridgehead atoms. The van der Waals surface area contributed by atoms with Crippen molar-refractivity contribution in [3.05, 3.63) is 0 Å². The molecule has 1 amide bonds. The van der Waals surface area contributed by atoms with Crippen LogP contribution in [0.1, 0.15) is 0 Å². The zero-order valence-corrected chi connectivity index (χ0v) is 6.57. The Labute approximate surface area is 48.1 Å². The molecule has 0 aliphatic rings. The third-order valence-electron chi connectivity index (χ3n) is 0. The number of primary amides is 1. The first-order valence-electron chi connectivity index (χ1n) is 0.697. The summed E-state index contributed by atoms with van der Waals surface area (Å²) in [6.07, 6.45) is -1.58. The van der Waals surface area contributed by atoms with Crippen molar-refractivity contribution >= 4 is 6.09 Å². The summed E-state index contributed by atoms with van der Waals surface area (Å²) in [4.78, 5) is 8.67. The maximum absolute atomic E-state index is 8.67. The van der Waals surface area contributed by atoms with Crippen LogP contribution in [0.4, 0.5) is 4.79 Å². The largest absolute Gasteiger partial charge is 2.00 e. The molecule has 0 aromatic carbocycles. The number of nitrogens with two attached hydrogens (primary N) is 1. The molecule has 0 unspecified atom stereocenters. The minimum absolute atomic E-state index is 0. The Morgan fingerprint density at radius 3 is 1.67 bits per heavy atom. The first-order valence-corrected chi connectivity index (χ1v) is 0.697. The summed E-state index contributed by atoms with van der Waals surface area (Å²) in [5.41, 5.74) is 3.92. The van der Waals surface area contributed by atoms with E-state index in [0.717, 1.165) is 0 Å². The Balaban J connectivity index is -0.0000000450. The molecule has 0 rings (SSSR count). The number of carbonyl (C=O) groups is 1. The van der Waals surface area contributed by atoms with E-state index in [4.69, 9.17) is 9.90 Å². The van der Waals surface area contributed by atoms with E-state index in [1.807, 2.05) is 0 Å². The van der Waals surface area contributed by atoms with Crippen LogP contribution in [0.25, 0.3) is 0 Å². The minimum Gasteiger partial charge on any atom is -0.530 e. The first-order chi connectivity index (χ1) is 1.73. The summed E-state index contributed by atoms with van der Waals surface area (Å²) in [6.45, 7) is 0. The van der Waals surface area contributed by atoms with Gasteiger partial charge in [-0.15, -0.1) is 0 Å². The second-order valence-corrected chi connectivity index (χ2v) is 0.319. The van der Waals surface area contributed by atoms with Crippen LogP contribution in [0.15, 0.2) is 0 Å². The summed E-state index contributed by atoms with van der Waals surface area (Å²) in [6, 6.07) is 0. The van der Waals surface area contributed by atoms with Gasteiger partial charge >= 0.3 is 19.5 Å². The predicted octanol–water partition coefficient (Wildman–Crippen LogP) is -1.34. The third-order valence-corrected chi connectivity index (χ3v) is 0. The molecule has 0 radical (unpaired) electrons. The van der Waals surface area contributed by atoms with Crippen LogP contribution in [0.2, 0.25) is 0 Å². The monoisotopic (exact) mass is 142 g/mol. The van der Waals surface area contributed by atoms with Gasteiger partial charge in [0.25, 0.3) is 0 Å². The van der Waals surface area contributed by atoms with Crippen molar-refractivity contribution in [1.29, 1.82) is 0 Å². The number of carboxylic acid groups (broad SMARTS) is 1. The van der Waals surface area contributed by atoms with Gasteiger partial charge in [0.2, 0.25) is 0 Å². The van der Waals surface area contributed by atoms with E-state index in [1.54, 1.807) is 0 Å². The van der Waals surface area contributed by atoms with Crippen molar-refractivity contribution in [3.8, 4) is 0 Å². The molecule has 0 aliphatic carbocycles. The number of amides is 1. The summed E-state index contributed by atoms with van der Waals surface area (Å²) in [5.74, 6) is 0. The number of rotatable bonds is 0. The molecule has 6 heavy (non-hydrogen) atoms. The second kappa shape index (κ2) is 8.85. The average molecular weight is 143 g/mol. The van der Waals surface area contributed by atoms with Crippen LogP contribution in [0.3, 0.4) is 0 Å². The van der Waals surface area contributed by atoms with Crippen LogP contribution in [0.5, 0.6) is 0 Å². The van der Waals surface area contributed by atoms with Crippen molar-refractivity contribution in [3.63, 3.8) is 0 Å². The standard InChI is InChI=1S/CH3NO2.H3N.Zn/c2-1(3)4;;/h2H2,(H,3,4);1H3;/q;;+2. The number of quaternary nitrogens is 1. The van der Waals surface area contributed by atoms with Gasteiger partial charge in [0, 0.05) is 0 Å². The van der Waals surface area contributed by atoms with Crippen LogP contribution in [-0.2, 0) is 19.5 Å². The van der Waals surface area contributed by atoms with E-state index in [2.05, 4.69) is 5.73 Å². The SMILES string of the molecule is NC(=O)[O-].[NH4+].[Zn+2]. The number of hydrogen-bond acceptors (Lipinski definition) is 2. The summed E-state index contributed by atoms with van der Waals surface area (Å²) in [5, 5.41) is 8.67. The Kier molecular flexibility index (Phi) is 25.0. The molecule has 0 saturated heterocycles. The average Bonchev–Trinajstić information content (AvgIpc) is 0.811. The molecule has 0 aromatic heterocycles. The molecule has 0 atom stereocenters. The number of hydrogen-bond donors (Lipinski definition) is 2. The van der Waals surface area contributed by atoms with Crippen LogP contribution < -0.4 is 17.0 Å². The van der Waals surface area contributed by atoms with E-state index >= 15 is 0 Å². The van der Waals surface area contributed by atoms with Crippen molar-refractivity contribution in [2.45, 2.75) is 0 Å². The van der Waals surface area contributed by atoms with E-state index in [-0.39, 0.29) is 25.6 Å². The van der Waals surface area contributed by atoms with E-state index in [1.165, 1.54) is 0 Å². The van der Waals surface area contributed by atoms with Gasteiger partial charge < -0.3 is 21.8 Å². The van der Waals surface area contributed by atoms with Crippen LogP contribution in [-0.4, -0.2) is 6.09 Å². The van der Waals surface area contributed by atoms with Gasteiger partial charge in [-0.25, -0.2) is 0 Å². The van der Waals surface area contributed by atoms with Crippen molar-refractivity contribution in [2.24, 2.45) is 5.73 Å². The fourth-order valence-electron chi connectivity index (χ4n) is 0. The van der Waals surface area contributed by atoms with Crippen molar-refractivity contribution < 1.29 is 29.4 Å². The summed E-state index contributed by atoms with van der Waals surface area (Å²) >= 11 is 0. The smallest absolute Gasteiger partial charge is 0.530 e. The van der Waals surface area contributed by atoms with Gasteiger partial charge in [-0.1, -0.05) is 0 Å². The first kappa shape index (κ1) is 16.9. The molecule has 0 aromatic rings. The Hall–Kier alpha value is -0.147. The normalized spacial score (nSPS) is 4.00. The van der Waals surface area contributed by atoms with E-state index in [9.17, 15) is 0 Å². The molecule has 5 heteroatoms. The molecular formula is CH6N2O2Zn+2. The Morgan fingerprint density at radius 1 is 1.67 bits per heavy atom. The molecule has 4 nitrogen and oxygen atoms in total. The maximum Gasteiger partial charge on any atom is 2.00 e. The van der Waals surface area contributed by atoms with Crippen molar-refractivity contribution in [1.82, 2.24) is 6.15 Å². The molecule has 0 aliphatic heterocycles. The van der Waals surface area contributed by atoms with Gasteiger partial charge in [-0.2, -0.15) is 0 Å². The second-order valence-electron chi connectivity index (χ2n) is 0.319. The quantitative estimate of drug-likeness (QED) is 0.410. The summed E-state index contributed by atoms with van der Waals surface area (Å²) < 4.78 is 0. The molecule has 0 fully saturated rings. The zero-order valence-electron chi connectivity index (χ0n) is 3.60. The Morgan fingerprint density at radius 2 is 1.67 bits per heavy atom. The molecule has 6 N–H and O–H groups in total. The predicted molar refractivity (Wildman–Crippen MR) is 15.6 cm³/mol. The van der Waals surface area contributed by atoms with Crippen LogP contribution in [0, 0.1) is 0 Å². The van der Waals surface area contributed by atoms with Gasteiger partial charge in [-0.3, -0.25) is 0 Å². The zero-order chi connectivity index (χ0) is 3.58. The topological polar surface area (TPSA) is 103 Å². The summed E-state index contributed by atoms with van der Waals surface area (Å²) in [7, 11) is 0. The molecular weight excluding hydrogens is 137 g/mol. The molecule has 0 spiro atoms. The fourth-order valence-corrected chi connectivity index (χ4v) is 0. The van der Waals surface area contributed by atoms with Gasteiger partial charge in [0.15, 0.2) is 0 Å². The van der Waals surface area contributed by atoms with E-state index < -0.39 is 6.09 Å².